The second-order valence-corrected chi connectivity index (χ2v) is 9.01. The van der Waals surface area contributed by atoms with Crippen molar-refractivity contribution in [1.29, 1.82) is 0 Å². The Hall–Kier alpha value is -3.90. The van der Waals surface area contributed by atoms with Crippen LogP contribution in [0.5, 0.6) is 0 Å². The van der Waals surface area contributed by atoms with Crippen LogP contribution in [-0.2, 0) is 0 Å². The Bertz CT molecular complexity index is 1550. The molecule has 0 bridgehead atoms. The van der Waals surface area contributed by atoms with Crippen LogP contribution in [0.3, 0.4) is 0 Å². The third-order valence-electron chi connectivity index (χ3n) is 6.33. The van der Waals surface area contributed by atoms with Crippen LogP contribution in [0.4, 0.5) is 0 Å². The minimum atomic E-state index is 1.25. The Morgan fingerprint density at radius 3 is 1.31 bits per heavy atom. The molecule has 0 unspecified atom stereocenters. The molecule has 0 heterocycles. The molecular formula is C36H36. The van der Waals surface area contributed by atoms with Crippen LogP contribution in [0.25, 0.3) is 54.6 Å². The van der Waals surface area contributed by atoms with Crippen LogP contribution in [-0.4, -0.2) is 0 Å². The molecule has 6 rings (SSSR count). The number of hydrogen-bond donors (Lipinski definition) is 0. The molecule has 0 radical (unpaired) electrons. The molecule has 6 aromatic rings. The van der Waals surface area contributed by atoms with Crippen molar-refractivity contribution < 1.29 is 0 Å². The summed E-state index contributed by atoms with van der Waals surface area (Å²) in [4.78, 5) is 0. The summed E-state index contributed by atoms with van der Waals surface area (Å²) < 4.78 is 0. The van der Waals surface area contributed by atoms with Gasteiger partial charge < -0.3 is 0 Å². The fourth-order valence-corrected chi connectivity index (χ4v) is 4.71. The van der Waals surface area contributed by atoms with E-state index in [9.17, 15) is 0 Å². The fraction of sp³-hybridized carbons (Fsp3) is 0.167. The van der Waals surface area contributed by atoms with Crippen LogP contribution in [0.15, 0.2) is 115 Å². The van der Waals surface area contributed by atoms with Gasteiger partial charge in [0.05, 0.1) is 0 Å². The first kappa shape index (κ1) is 25.2. The van der Waals surface area contributed by atoms with Crippen molar-refractivity contribution in [2.24, 2.45) is 0 Å². The van der Waals surface area contributed by atoms with Gasteiger partial charge in [0.2, 0.25) is 0 Å². The summed E-state index contributed by atoms with van der Waals surface area (Å²) in [6, 6.07) is 42.0. The Morgan fingerprint density at radius 1 is 0.389 bits per heavy atom. The Morgan fingerprint density at radius 2 is 0.778 bits per heavy atom. The molecule has 0 atom stereocenters. The van der Waals surface area contributed by atoms with E-state index >= 15 is 0 Å². The van der Waals surface area contributed by atoms with E-state index in [2.05, 4.69) is 136 Å². The molecular weight excluding hydrogens is 432 g/mol. The summed E-state index contributed by atoms with van der Waals surface area (Å²) in [5.41, 5.74) is 6.29. The minimum absolute atomic E-state index is 1.25. The van der Waals surface area contributed by atoms with E-state index in [1.807, 2.05) is 13.8 Å². The predicted molar refractivity (Wildman–Crippen MR) is 162 cm³/mol. The molecule has 0 saturated carbocycles. The minimum Gasteiger partial charge on any atom is -0.0683 e. The first-order chi connectivity index (χ1) is 17.7. The maximum Gasteiger partial charge on any atom is -0.00928 e. The number of rotatable bonds is 2. The molecule has 6 aromatic carbocycles. The van der Waals surface area contributed by atoms with Crippen LogP contribution >= 0.6 is 0 Å². The average molecular weight is 469 g/mol. The SMILES string of the molecule is CC.CCC.Cc1ccc(-c2cccc(-c3ccc4c5ccccc5c5ccccc5c4c3)c2)cc1. The largest absolute Gasteiger partial charge is 0.0683 e. The van der Waals surface area contributed by atoms with Gasteiger partial charge in [0, 0.05) is 0 Å². The first-order valence-corrected chi connectivity index (χ1v) is 13.2. The van der Waals surface area contributed by atoms with Crippen molar-refractivity contribution in [3.8, 4) is 22.3 Å². The molecule has 0 spiro atoms. The monoisotopic (exact) mass is 468 g/mol. The molecule has 0 amide bonds. The second kappa shape index (κ2) is 11.7. The highest BCUT2D eigenvalue weighted by atomic mass is 14.1. The van der Waals surface area contributed by atoms with Gasteiger partial charge in [-0.05, 0) is 73.6 Å². The van der Waals surface area contributed by atoms with Crippen molar-refractivity contribution in [3.63, 3.8) is 0 Å². The Balaban J connectivity index is 0.000000569. The summed E-state index contributed by atoms with van der Waals surface area (Å²) in [5.74, 6) is 0. The highest BCUT2D eigenvalue weighted by Crippen LogP contribution is 2.37. The Kier molecular flexibility index (Phi) is 8.18. The van der Waals surface area contributed by atoms with Gasteiger partial charge in [0.25, 0.3) is 0 Å². The molecule has 0 nitrogen and oxygen atoms in total. The molecule has 180 valence electrons. The molecule has 0 aliphatic heterocycles. The molecule has 0 aliphatic carbocycles. The molecule has 0 aliphatic rings. The van der Waals surface area contributed by atoms with Crippen LogP contribution in [0.2, 0.25) is 0 Å². The quantitative estimate of drug-likeness (QED) is 0.222. The lowest BCUT2D eigenvalue weighted by Crippen LogP contribution is -1.85. The molecule has 0 heteroatoms. The molecule has 0 fully saturated rings. The van der Waals surface area contributed by atoms with Crippen molar-refractivity contribution in [2.45, 2.75) is 41.0 Å². The standard InChI is InChI=1S/C31H22.C3H8.C2H6/c1-21-13-15-22(16-14-21)23-7-6-8-24(19-23)25-17-18-30-28-11-3-2-9-26(28)27-10-4-5-12-29(27)31(30)20-25;1-3-2;1-2/h2-20H,1H3;3H2,1-2H3;1-2H3. The maximum atomic E-state index is 2.36. The predicted octanol–water partition coefficient (Wildman–Crippen LogP) is 11.2. The van der Waals surface area contributed by atoms with Crippen LogP contribution in [0, 0.1) is 6.92 Å². The second-order valence-electron chi connectivity index (χ2n) is 9.01. The van der Waals surface area contributed by atoms with E-state index in [0.717, 1.165) is 0 Å². The van der Waals surface area contributed by atoms with Crippen molar-refractivity contribution in [1.82, 2.24) is 0 Å². The third kappa shape index (κ3) is 5.04. The summed E-state index contributed by atoms with van der Waals surface area (Å²) in [6.07, 6.45) is 1.25. The summed E-state index contributed by atoms with van der Waals surface area (Å²) in [6.45, 7) is 10.4. The van der Waals surface area contributed by atoms with Gasteiger partial charge in [-0.15, -0.1) is 0 Å². The van der Waals surface area contributed by atoms with Gasteiger partial charge in [0.15, 0.2) is 0 Å². The summed E-state index contributed by atoms with van der Waals surface area (Å²) >= 11 is 0. The number of fused-ring (bicyclic) bond motifs is 6. The molecule has 0 N–H and O–H groups in total. The fourth-order valence-electron chi connectivity index (χ4n) is 4.71. The lowest BCUT2D eigenvalue weighted by atomic mass is 9.91. The van der Waals surface area contributed by atoms with E-state index < -0.39 is 0 Å². The van der Waals surface area contributed by atoms with Crippen LogP contribution < -0.4 is 0 Å². The summed E-state index contributed by atoms with van der Waals surface area (Å²) in [5, 5.41) is 7.89. The van der Waals surface area contributed by atoms with E-state index in [0.29, 0.717) is 0 Å². The highest BCUT2D eigenvalue weighted by molar-refractivity contribution is 6.25. The van der Waals surface area contributed by atoms with Crippen molar-refractivity contribution in [2.75, 3.05) is 0 Å². The van der Waals surface area contributed by atoms with Gasteiger partial charge in [-0.25, -0.2) is 0 Å². The highest BCUT2D eigenvalue weighted by Gasteiger charge is 2.10. The Labute approximate surface area is 216 Å². The van der Waals surface area contributed by atoms with E-state index in [4.69, 9.17) is 0 Å². The zero-order valence-corrected chi connectivity index (χ0v) is 22.2. The topological polar surface area (TPSA) is 0 Å². The first-order valence-electron chi connectivity index (χ1n) is 13.2. The summed E-state index contributed by atoms with van der Waals surface area (Å²) in [7, 11) is 0. The van der Waals surface area contributed by atoms with E-state index in [1.165, 1.54) is 66.6 Å². The smallest absolute Gasteiger partial charge is 0.00928 e. The van der Waals surface area contributed by atoms with Gasteiger partial charge in [-0.3, -0.25) is 0 Å². The molecule has 0 aromatic heterocycles. The van der Waals surface area contributed by atoms with Gasteiger partial charge in [-0.1, -0.05) is 143 Å². The normalized spacial score (nSPS) is 10.5. The number of hydrogen-bond acceptors (Lipinski definition) is 0. The van der Waals surface area contributed by atoms with Gasteiger partial charge >= 0.3 is 0 Å². The van der Waals surface area contributed by atoms with Crippen molar-refractivity contribution >= 4 is 32.3 Å². The van der Waals surface area contributed by atoms with E-state index in [-0.39, 0.29) is 0 Å². The zero-order chi connectivity index (χ0) is 25.5. The van der Waals surface area contributed by atoms with E-state index in [1.54, 1.807) is 0 Å². The molecule has 36 heavy (non-hydrogen) atoms. The number of benzene rings is 6. The number of aryl methyl sites for hydroxylation is 1. The molecule has 0 saturated heterocycles. The van der Waals surface area contributed by atoms with Gasteiger partial charge in [-0.2, -0.15) is 0 Å². The maximum absolute atomic E-state index is 2.36. The zero-order valence-electron chi connectivity index (χ0n) is 22.2. The van der Waals surface area contributed by atoms with Crippen LogP contribution in [0.1, 0.15) is 39.7 Å². The lowest BCUT2D eigenvalue weighted by molar-refractivity contribution is 1.09. The average Bonchev–Trinajstić information content (AvgIpc) is 2.95. The van der Waals surface area contributed by atoms with Gasteiger partial charge in [0.1, 0.15) is 0 Å². The third-order valence-corrected chi connectivity index (χ3v) is 6.33. The lowest BCUT2D eigenvalue weighted by Gasteiger charge is -2.12. The van der Waals surface area contributed by atoms with Crippen molar-refractivity contribution in [3.05, 3.63) is 121 Å².